The molecule has 1 heterocycles. The number of aromatic nitrogens is 1. The first-order valence-electron chi connectivity index (χ1n) is 4.69. The summed E-state index contributed by atoms with van der Waals surface area (Å²) >= 11 is 0. The molecule has 0 amide bonds. The predicted molar refractivity (Wildman–Crippen MR) is 54.7 cm³/mol. The molecule has 1 aromatic heterocycles. The van der Waals surface area contributed by atoms with Crippen molar-refractivity contribution in [1.82, 2.24) is 4.98 Å². The summed E-state index contributed by atoms with van der Waals surface area (Å²) in [4.78, 5) is 17.5. The van der Waals surface area contributed by atoms with Crippen molar-refractivity contribution in [2.24, 2.45) is 0 Å². The van der Waals surface area contributed by atoms with Crippen LogP contribution in [0.1, 0.15) is 31.5 Å². The van der Waals surface area contributed by atoms with Crippen LogP contribution >= 0.6 is 0 Å². The van der Waals surface area contributed by atoms with Crippen LogP contribution in [0.25, 0.3) is 4.85 Å². The quantitative estimate of drug-likeness (QED) is 0.622. The number of aromatic amines is 1. The lowest BCUT2D eigenvalue weighted by Crippen LogP contribution is -2.18. The number of nitrogens with zero attached hydrogens (tertiary/aromatic N) is 1. The minimum Gasteiger partial charge on any atom is -0.334 e. The van der Waals surface area contributed by atoms with Gasteiger partial charge in [-0.15, -0.1) is 0 Å². The van der Waals surface area contributed by atoms with E-state index in [-0.39, 0.29) is 16.7 Å². The molecule has 3 nitrogen and oxygen atoms in total. The minimum absolute atomic E-state index is 0.0506. The van der Waals surface area contributed by atoms with Crippen LogP contribution in [-0.4, -0.2) is 4.98 Å². The third-order valence-corrected chi connectivity index (χ3v) is 2.92. The average molecular weight is 188 g/mol. The molecule has 72 valence electrons. The molecule has 14 heavy (non-hydrogen) atoms. The first-order chi connectivity index (χ1) is 6.54. The highest BCUT2D eigenvalue weighted by molar-refractivity contribution is 5.48. The molecule has 0 spiro atoms. The maximum Gasteiger partial charge on any atom is 0.254 e. The van der Waals surface area contributed by atoms with Crippen LogP contribution in [-0.2, 0) is 11.8 Å². The second-order valence-electron chi connectivity index (χ2n) is 4.38. The molecule has 3 heteroatoms. The van der Waals surface area contributed by atoms with Gasteiger partial charge < -0.3 is 4.98 Å². The molecular formula is C11H12N2O. The van der Waals surface area contributed by atoms with Crippen LogP contribution in [0.4, 0.5) is 5.69 Å². The molecular weight excluding hydrogens is 176 g/mol. The van der Waals surface area contributed by atoms with Gasteiger partial charge in [0.05, 0.1) is 6.57 Å². The Morgan fingerprint density at radius 2 is 2.29 bits per heavy atom. The van der Waals surface area contributed by atoms with Gasteiger partial charge in [0, 0.05) is 11.1 Å². The summed E-state index contributed by atoms with van der Waals surface area (Å²) in [6.07, 6.45) is 2.00. The van der Waals surface area contributed by atoms with E-state index in [1.807, 2.05) is 0 Å². The van der Waals surface area contributed by atoms with Crippen molar-refractivity contribution in [2.75, 3.05) is 0 Å². The van der Waals surface area contributed by atoms with E-state index in [0.29, 0.717) is 0 Å². The fourth-order valence-electron chi connectivity index (χ4n) is 2.02. The van der Waals surface area contributed by atoms with E-state index in [2.05, 4.69) is 23.7 Å². The monoisotopic (exact) mass is 188 g/mol. The largest absolute Gasteiger partial charge is 0.334 e. The number of nitrogens with one attached hydrogen (secondary N) is 1. The van der Waals surface area contributed by atoms with E-state index in [1.165, 1.54) is 0 Å². The number of aryl methyl sites for hydroxylation is 1. The zero-order valence-electron chi connectivity index (χ0n) is 8.35. The molecule has 2 rings (SSSR count). The fraction of sp³-hybridized carbons (Fsp3) is 0.455. The lowest BCUT2D eigenvalue weighted by molar-refractivity contribution is 0.508. The summed E-state index contributed by atoms with van der Waals surface area (Å²) in [6.45, 7) is 11.1. The van der Waals surface area contributed by atoms with Gasteiger partial charge in [0.2, 0.25) is 0 Å². The van der Waals surface area contributed by atoms with Gasteiger partial charge >= 0.3 is 0 Å². The van der Waals surface area contributed by atoms with Gasteiger partial charge in [-0.3, -0.25) is 4.79 Å². The molecule has 0 saturated carbocycles. The van der Waals surface area contributed by atoms with Crippen LogP contribution in [0.15, 0.2) is 10.9 Å². The highest BCUT2D eigenvalue weighted by atomic mass is 16.1. The van der Waals surface area contributed by atoms with Crippen molar-refractivity contribution in [3.05, 3.63) is 39.1 Å². The predicted octanol–water partition coefficient (Wildman–Crippen LogP) is 2.15. The molecule has 1 N–H and O–H groups in total. The molecule has 0 saturated heterocycles. The molecule has 1 aromatic rings. The van der Waals surface area contributed by atoms with Crippen LogP contribution < -0.4 is 5.56 Å². The number of H-pyrrole nitrogens is 1. The number of rotatable bonds is 0. The summed E-state index contributed by atoms with van der Waals surface area (Å²) in [5.74, 6) is 0. The second-order valence-corrected chi connectivity index (χ2v) is 4.38. The molecule has 0 unspecified atom stereocenters. The second kappa shape index (κ2) is 2.71. The molecule has 1 aliphatic carbocycles. The Labute approximate surface area is 82.6 Å². The van der Waals surface area contributed by atoms with Gasteiger partial charge in [-0.25, -0.2) is 4.85 Å². The van der Waals surface area contributed by atoms with Crippen LogP contribution in [0.5, 0.6) is 0 Å². The number of fused-ring (bicyclic) bond motifs is 1. The maximum atomic E-state index is 11.4. The highest BCUT2D eigenvalue weighted by Gasteiger charge is 2.31. The molecule has 0 aromatic carbocycles. The van der Waals surface area contributed by atoms with E-state index in [0.717, 1.165) is 24.1 Å². The number of pyridine rings is 1. The average Bonchev–Trinajstić information content (AvgIpc) is 2.42. The summed E-state index contributed by atoms with van der Waals surface area (Å²) in [7, 11) is 0. The van der Waals surface area contributed by atoms with Crippen LogP contribution in [0, 0.1) is 6.57 Å². The zero-order valence-corrected chi connectivity index (χ0v) is 8.35. The molecule has 0 radical (unpaired) electrons. The SMILES string of the molecule is [C-]#[N+]c1cc2c([nH]c1=O)C(C)(C)CC2. The Kier molecular flexibility index (Phi) is 1.75. The lowest BCUT2D eigenvalue weighted by Gasteiger charge is -2.17. The number of hydrogen-bond donors (Lipinski definition) is 1. The third kappa shape index (κ3) is 1.15. The van der Waals surface area contributed by atoms with E-state index in [9.17, 15) is 4.79 Å². The van der Waals surface area contributed by atoms with E-state index < -0.39 is 0 Å². The summed E-state index contributed by atoms with van der Waals surface area (Å²) in [5, 5.41) is 0. The van der Waals surface area contributed by atoms with Crippen LogP contribution in [0.3, 0.4) is 0 Å². The summed E-state index contributed by atoms with van der Waals surface area (Å²) < 4.78 is 0. The Hall–Kier alpha value is -1.56. The topological polar surface area (TPSA) is 37.2 Å². The first-order valence-corrected chi connectivity index (χ1v) is 4.69. The van der Waals surface area contributed by atoms with E-state index in [4.69, 9.17) is 6.57 Å². The summed E-state index contributed by atoms with van der Waals surface area (Å²) in [6, 6.07) is 1.73. The molecule has 1 aliphatic rings. The molecule has 0 aliphatic heterocycles. The maximum absolute atomic E-state index is 11.4. The van der Waals surface area contributed by atoms with Crippen molar-refractivity contribution in [1.29, 1.82) is 0 Å². The van der Waals surface area contributed by atoms with E-state index >= 15 is 0 Å². The van der Waals surface area contributed by atoms with Crippen molar-refractivity contribution < 1.29 is 0 Å². The van der Waals surface area contributed by atoms with Crippen molar-refractivity contribution in [3.8, 4) is 0 Å². The third-order valence-electron chi connectivity index (χ3n) is 2.92. The normalized spacial score (nSPS) is 17.5. The Bertz CT molecular complexity index is 477. The lowest BCUT2D eigenvalue weighted by atomic mass is 9.90. The van der Waals surface area contributed by atoms with Gasteiger partial charge in [-0.05, 0) is 24.5 Å². The van der Waals surface area contributed by atoms with Gasteiger partial charge in [-0.1, -0.05) is 13.8 Å². The smallest absolute Gasteiger partial charge is 0.254 e. The molecule has 0 bridgehead atoms. The van der Waals surface area contributed by atoms with Gasteiger partial charge in [0.15, 0.2) is 0 Å². The van der Waals surface area contributed by atoms with E-state index in [1.54, 1.807) is 6.07 Å². The molecule has 0 fully saturated rings. The zero-order chi connectivity index (χ0) is 10.3. The Balaban J connectivity index is 2.69. The Morgan fingerprint density at radius 1 is 1.57 bits per heavy atom. The van der Waals surface area contributed by atoms with Gasteiger partial charge in [-0.2, -0.15) is 0 Å². The van der Waals surface area contributed by atoms with Crippen molar-refractivity contribution in [2.45, 2.75) is 32.1 Å². The number of hydrogen-bond acceptors (Lipinski definition) is 1. The van der Waals surface area contributed by atoms with Crippen molar-refractivity contribution >= 4 is 5.69 Å². The van der Waals surface area contributed by atoms with Gasteiger partial charge in [0.25, 0.3) is 11.2 Å². The summed E-state index contributed by atoms with van der Waals surface area (Å²) in [5.41, 5.74) is 2.14. The highest BCUT2D eigenvalue weighted by Crippen LogP contribution is 2.36. The molecule has 0 atom stereocenters. The Morgan fingerprint density at radius 3 is 2.93 bits per heavy atom. The minimum atomic E-state index is -0.256. The van der Waals surface area contributed by atoms with Crippen LogP contribution in [0.2, 0.25) is 0 Å². The first kappa shape index (κ1) is 9.01. The standard InChI is InChI=1S/C11H12N2O/c1-11(2)5-4-7-6-8(12-3)10(14)13-9(7)11/h6H,4-5H2,1-2H3,(H,13,14). The van der Waals surface area contributed by atoms with Gasteiger partial charge in [0.1, 0.15) is 0 Å². The van der Waals surface area contributed by atoms with Crippen molar-refractivity contribution in [3.63, 3.8) is 0 Å². The fourth-order valence-corrected chi connectivity index (χ4v) is 2.02.